The summed E-state index contributed by atoms with van der Waals surface area (Å²) < 4.78 is 32.1. The number of benzene rings is 2. The first-order valence-electron chi connectivity index (χ1n) is 9.64. The summed E-state index contributed by atoms with van der Waals surface area (Å²) >= 11 is 0. The largest absolute Gasteiger partial charge is 0.438 e. The number of carbonyl (C=O) groups is 2. The molecule has 4 rings (SSSR count). The van der Waals surface area contributed by atoms with E-state index in [0.717, 1.165) is 4.31 Å². The number of carbonyl (C=O) groups excluding carboxylic acids is 2. The molecule has 1 aliphatic heterocycles. The van der Waals surface area contributed by atoms with Crippen molar-refractivity contribution in [1.29, 1.82) is 0 Å². The van der Waals surface area contributed by atoms with Crippen LogP contribution < -0.4 is 15.4 Å². The highest BCUT2D eigenvalue weighted by Gasteiger charge is 2.29. The predicted molar refractivity (Wildman–Crippen MR) is 115 cm³/mol. The van der Waals surface area contributed by atoms with Crippen molar-refractivity contribution < 1.29 is 22.7 Å². The first-order chi connectivity index (χ1) is 15.4. The Bertz CT molecular complexity index is 1220. The number of aromatic nitrogens is 2. The Morgan fingerprint density at radius 2 is 1.81 bits per heavy atom. The number of anilines is 1. The molecule has 11 heteroatoms. The molecule has 1 aliphatic rings. The Hall–Kier alpha value is -3.83. The third-order valence-corrected chi connectivity index (χ3v) is 6.49. The maximum absolute atomic E-state index is 12.7. The minimum atomic E-state index is -3.81. The van der Waals surface area contributed by atoms with E-state index in [1.165, 1.54) is 36.7 Å². The fourth-order valence-corrected chi connectivity index (χ4v) is 4.41. The lowest BCUT2D eigenvalue weighted by Crippen LogP contribution is -2.49. The Labute approximate surface area is 184 Å². The summed E-state index contributed by atoms with van der Waals surface area (Å²) in [4.78, 5) is 32.0. The zero-order chi connectivity index (χ0) is 22.6. The molecular formula is C21H19N5O5S. The zero-order valence-electron chi connectivity index (χ0n) is 16.8. The van der Waals surface area contributed by atoms with Gasteiger partial charge >= 0.3 is 0 Å². The van der Waals surface area contributed by atoms with Gasteiger partial charge in [0, 0.05) is 36.7 Å². The van der Waals surface area contributed by atoms with E-state index in [0.29, 0.717) is 22.9 Å². The Morgan fingerprint density at radius 3 is 2.47 bits per heavy atom. The molecule has 10 nitrogen and oxygen atoms in total. The van der Waals surface area contributed by atoms with Crippen molar-refractivity contribution in [1.82, 2.24) is 19.6 Å². The van der Waals surface area contributed by atoms with Gasteiger partial charge in [0.25, 0.3) is 5.91 Å². The molecule has 1 aromatic heterocycles. The number of piperazine rings is 1. The highest BCUT2D eigenvalue weighted by atomic mass is 32.2. The van der Waals surface area contributed by atoms with Crippen molar-refractivity contribution in [3.05, 3.63) is 72.7 Å². The van der Waals surface area contributed by atoms with E-state index in [1.807, 2.05) is 0 Å². The smallest absolute Gasteiger partial charge is 0.255 e. The van der Waals surface area contributed by atoms with Crippen molar-refractivity contribution in [2.75, 3.05) is 25.0 Å². The summed E-state index contributed by atoms with van der Waals surface area (Å²) in [5, 5.41) is 5.33. The number of hydrogen-bond donors (Lipinski definition) is 2. The molecule has 0 bridgehead atoms. The molecule has 2 amide bonds. The lowest BCUT2D eigenvalue weighted by Gasteiger charge is -2.25. The second-order valence-corrected chi connectivity index (χ2v) is 8.78. The predicted octanol–water partition coefficient (Wildman–Crippen LogP) is 1.64. The summed E-state index contributed by atoms with van der Waals surface area (Å²) in [6.45, 7) is 0.245. The Balaban J connectivity index is 1.40. The highest BCUT2D eigenvalue weighted by molar-refractivity contribution is 7.89. The number of hydrogen-bond acceptors (Lipinski definition) is 7. The molecular weight excluding hydrogens is 434 g/mol. The molecule has 2 heterocycles. The van der Waals surface area contributed by atoms with Crippen LogP contribution in [0.25, 0.3) is 0 Å². The molecule has 0 aliphatic carbocycles. The normalized spacial score (nSPS) is 14.4. The molecule has 3 aromatic rings. The van der Waals surface area contributed by atoms with Crippen LogP contribution in [-0.2, 0) is 14.8 Å². The summed E-state index contributed by atoms with van der Waals surface area (Å²) in [5.74, 6) is 0.145. The molecule has 0 saturated carbocycles. The topological polar surface area (TPSA) is 131 Å². The second-order valence-electron chi connectivity index (χ2n) is 6.84. The van der Waals surface area contributed by atoms with E-state index in [2.05, 4.69) is 20.6 Å². The Morgan fingerprint density at radius 1 is 1.06 bits per heavy atom. The zero-order valence-corrected chi connectivity index (χ0v) is 17.6. The summed E-state index contributed by atoms with van der Waals surface area (Å²) in [7, 11) is -3.81. The minimum absolute atomic E-state index is 0.0225. The van der Waals surface area contributed by atoms with Gasteiger partial charge in [0.15, 0.2) is 0 Å². The molecule has 1 fully saturated rings. The van der Waals surface area contributed by atoms with Gasteiger partial charge in [0.2, 0.25) is 21.8 Å². The van der Waals surface area contributed by atoms with Gasteiger partial charge in [-0.05, 0) is 48.5 Å². The van der Waals surface area contributed by atoms with E-state index in [9.17, 15) is 18.0 Å². The average Bonchev–Trinajstić information content (AvgIpc) is 2.81. The van der Waals surface area contributed by atoms with E-state index < -0.39 is 15.9 Å². The van der Waals surface area contributed by atoms with E-state index in [-0.39, 0.29) is 30.4 Å². The lowest BCUT2D eigenvalue weighted by atomic mass is 10.2. The van der Waals surface area contributed by atoms with Gasteiger partial charge in [-0.1, -0.05) is 0 Å². The van der Waals surface area contributed by atoms with Gasteiger partial charge in [-0.2, -0.15) is 4.31 Å². The fourth-order valence-electron chi connectivity index (χ4n) is 3.02. The van der Waals surface area contributed by atoms with E-state index in [4.69, 9.17) is 4.74 Å². The Kier molecular flexibility index (Phi) is 6.10. The minimum Gasteiger partial charge on any atom is -0.438 e. The van der Waals surface area contributed by atoms with Gasteiger partial charge in [-0.15, -0.1) is 0 Å². The third-order valence-electron chi connectivity index (χ3n) is 4.63. The molecule has 1 saturated heterocycles. The van der Waals surface area contributed by atoms with Gasteiger partial charge < -0.3 is 15.4 Å². The summed E-state index contributed by atoms with van der Waals surface area (Å²) in [6, 6.07) is 12.3. The SMILES string of the molecule is O=C1CN(S(=O)(=O)c2ccc(C(=O)Nc3ccc(Oc4cnccn4)cc3)cc2)CCN1. The number of ether oxygens (including phenoxy) is 1. The van der Waals surface area contributed by atoms with E-state index in [1.54, 1.807) is 30.5 Å². The molecule has 32 heavy (non-hydrogen) atoms. The fraction of sp³-hybridized carbons (Fsp3) is 0.143. The van der Waals surface area contributed by atoms with E-state index >= 15 is 0 Å². The highest BCUT2D eigenvalue weighted by Crippen LogP contribution is 2.22. The van der Waals surface area contributed by atoms with Crippen molar-refractivity contribution in [3.8, 4) is 11.6 Å². The average molecular weight is 453 g/mol. The van der Waals surface area contributed by atoms with Crippen LogP contribution in [0.2, 0.25) is 0 Å². The van der Waals surface area contributed by atoms with Crippen LogP contribution in [-0.4, -0.2) is 54.1 Å². The van der Waals surface area contributed by atoms with Crippen LogP contribution in [0.1, 0.15) is 10.4 Å². The van der Waals surface area contributed by atoms with Crippen LogP contribution in [0.5, 0.6) is 11.6 Å². The van der Waals surface area contributed by atoms with Gasteiger partial charge in [-0.3, -0.25) is 14.6 Å². The van der Waals surface area contributed by atoms with Crippen LogP contribution in [0.3, 0.4) is 0 Å². The van der Waals surface area contributed by atoms with Crippen molar-refractivity contribution in [2.45, 2.75) is 4.90 Å². The van der Waals surface area contributed by atoms with Crippen LogP contribution >= 0.6 is 0 Å². The molecule has 2 N–H and O–H groups in total. The van der Waals surface area contributed by atoms with Gasteiger partial charge in [-0.25, -0.2) is 13.4 Å². The van der Waals surface area contributed by atoms with Gasteiger partial charge in [0.05, 0.1) is 17.6 Å². The number of nitrogens with one attached hydrogen (secondary N) is 2. The first-order valence-corrected chi connectivity index (χ1v) is 11.1. The van der Waals surface area contributed by atoms with Crippen molar-refractivity contribution >= 4 is 27.5 Å². The molecule has 0 spiro atoms. The standard InChI is InChI=1S/C21H19N5O5S/c27-19-14-26(12-11-23-19)32(29,30)18-7-1-15(2-8-18)21(28)25-16-3-5-17(6-4-16)31-20-13-22-9-10-24-20/h1-10,13H,11-12,14H2,(H,23,27)(H,25,28). The lowest BCUT2D eigenvalue weighted by molar-refractivity contribution is -0.122. The summed E-state index contributed by atoms with van der Waals surface area (Å²) in [6.07, 6.45) is 4.54. The molecule has 0 radical (unpaired) electrons. The quantitative estimate of drug-likeness (QED) is 0.580. The molecule has 0 atom stereocenters. The number of rotatable bonds is 6. The maximum Gasteiger partial charge on any atom is 0.255 e. The first kappa shape index (κ1) is 21.4. The van der Waals surface area contributed by atoms with Crippen LogP contribution in [0.4, 0.5) is 5.69 Å². The number of amides is 2. The van der Waals surface area contributed by atoms with Crippen molar-refractivity contribution in [2.24, 2.45) is 0 Å². The molecule has 164 valence electrons. The van der Waals surface area contributed by atoms with Crippen LogP contribution in [0, 0.1) is 0 Å². The maximum atomic E-state index is 12.7. The number of nitrogens with zero attached hydrogens (tertiary/aromatic N) is 3. The molecule has 2 aromatic carbocycles. The van der Waals surface area contributed by atoms with Gasteiger partial charge in [0.1, 0.15) is 5.75 Å². The van der Waals surface area contributed by atoms with Crippen LogP contribution in [0.15, 0.2) is 72.0 Å². The molecule has 0 unspecified atom stereocenters. The second kappa shape index (κ2) is 9.12. The van der Waals surface area contributed by atoms with Crippen molar-refractivity contribution in [3.63, 3.8) is 0 Å². The monoisotopic (exact) mass is 453 g/mol. The summed E-state index contributed by atoms with van der Waals surface area (Å²) in [5.41, 5.74) is 0.831. The third kappa shape index (κ3) is 4.90. The number of sulfonamides is 1.